The monoisotopic (exact) mass is 167 g/mol. The second-order valence-electron chi connectivity index (χ2n) is 2.93. The smallest absolute Gasteiger partial charge is 0.216 e. The minimum absolute atomic E-state index is 0.191. The summed E-state index contributed by atoms with van der Waals surface area (Å²) in [6.07, 6.45) is 3.96. The Labute approximate surface area is 70.4 Å². The third-order valence-corrected chi connectivity index (χ3v) is 2.25. The van der Waals surface area contributed by atoms with E-state index in [4.69, 9.17) is 4.74 Å². The lowest BCUT2D eigenvalue weighted by molar-refractivity contribution is 0.391. The standard InChI is InChI=1S/C9H10FNO/c1-12-9-7-4-2-3-6(7)8(10)5-11-9/h5H,2-4H2,1H3. The summed E-state index contributed by atoms with van der Waals surface area (Å²) in [5.41, 5.74) is 1.75. The molecule has 3 heteroatoms. The summed E-state index contributed by atoms with van der Waals surface area (Å²) < 4.78 is 18.1. The number of rotatable bonds is 1. The number of halogens is 1. The molecule has 0 saturated heterocycles. The second-order valence-corrected chi connectivity index (χ2v) is 2.93. The first kappa shape index (κ1) is 7.53. The van der Waals surface area contributed by atoms with Crippen LogP contribution in [0.15, 0.2) is 6.20 Å². The van der Waals surface area contributed by atoms with Crippen LogP contribution < -0.4 is 4.74 Å². The molecule has 0 fully saturated rings. The van der Waals surface area contributed by atoms with Gasteiger partial charge in [-0.2, -0.15) is 0 Å². The molecule has 0 atom stereocenters. The number of nitrogens with zero attached hydrogens (tertiary/aromatic N) is 1. The van der Waals surface area contributed by atoms with Crippen molar-refractivity contribution in [2.45, 2.75) is 19.3 Å². The molecule has 1 aromatic rings. The fourth-order valence-corrected chi connectivity index (χ4v) is 1.69. The van der Waals surface area contributed by atoms with Gasteiger partial charge in [0.05, 0.1) is 13.3 Å². The summed E-state index contributed by atoms with van der Waals surface area (Å²) in [6.45, 7) is 0. The van der Waals surface area contributed by atoms with Crippen molar-refractivity contribution in [1.82, 2.24) is 4.98 Å². The van der Waals surface area contributed by atoms with E-state index in [9.17, 15) is 4.39 Å². The molecule has 2 nitrogen and oxygen atoms in total. The highest BCUT2D eigenvalue weighted by Gasteiger charge is 2.19. The molecule has 0 saturated carbocycles. The Morgan fingerprint density at radius 1 is 1.42 bits per heavy atom. The molecule has 0 bridgehead atoms. The minimum Gasteiger partial charge on any atom is -0.481 e. The average molecular weight is 167 g/mol. The number of hydrogen-bond acceptors (Lipinski definition) is 2. The number of methoxy groups -OCH3 is 1. The predicted molar refractivity (Wildman–Crippen MR) is 42.8 cm³/mol. The van der Waals surface area contributed by atoms with Crippen LogP contribution in [0.4, 0.5) is 4.39 Å². The molecular formula is C9H10FNO. The third-order valence-electron chi connectivity index (χ3n) is 2.25. The summed E-state index contributed by atoms with van der Waals surface area (Å²) in [6, 6.07) is 0. The molecule has 12 heavy (non-hydrogen) atoms. The van der Waals surface area contributed by atoms with E-state index in [2.05, 4.69) is 4.98 Å². The fraction of sp³-hybridized carbons (Fsp3) is 0.444. The molecule has 0 N–H and O–H groups in total. The molecule has 64 valence electrons. The molecule has 0 spiro atoms. The van der Waals surface area contributed by atoms with Gasteiger partial charge in [0.25, 0.3) is 0 Å². The maximum absolute atomic E-state index is 13.1. The number of aromatic nitrogens is 1. The highest BCUT2D eigenvalue weighted by Crippen LogP contribution is 2.30. The van der Waals surface area contributed by atoms with Crippen molar-refractivity contribution in [2.24, 2.45) is 0 Å². The van der Waals surface area contributed by atoms with Gasteiger partial charge in [0.1, 0.15) is 5.82 Å². The van der Waals surface area contributed by atoms with E-state index in [0.29, 0.717) is 5.88 Å². The molecule has 1 aliphatic carbocycles. The highest BCUT2D eigenvalue weighted by atomic mass is 19.1. The summed E-state index contributed by atoms with van der Waals surface area (Å²) in [7, 11) is 1.57. The topological polar surface area (TPSA) is 22.1 Å². The van der Waals surface area contributed by atoms with Crippen LogP contribution in [0.25, 0.3) is 0 Å². The van der Waals surface area contributed by atoms with Crippen LogP contribution in [0, 0.1) is 5.82 Å². The largest absolute Gasteiger partial charge is 0.481 e. The predicted octanol–water partition coefficient (Wildman–Crippen LogP) is 1.72. The molecule has 1 aromatic heterocycles. The van der Waals surface area contributed by atoms with Crippen molar-refractivity contribution in [2.75, 3.05) is 7.11 Å². The molecule has 0 radical (unpaired) electrons. The minimum atomic E-state index is -0.191. The second kappa shape index (κ2) is 2.73. The molecule has 0 unspecified atom stereocenters. The third kappa shape index (κ3) is 0.967. The van der Waals surface area contributed by atoms with Gasteiger partial charge in [-0.3, -0.25) is 0 Å². The first-order valence-electron chi connectivity index (χ1n) is 4.03. The number of pyridine rings is 1. The molecule has 0 aromatic carbocycles. The summed E-state index contributed by atoms with van der Waals surface area (Å²) in [5, 5.41) is 0. The Hall–Kier alpha value is -1.12. The van der Waals surface area contributed by atoms with Crippen LogP contribution in [0.5, 0.6) is 5.88 Å². The maximum atomic E-state index is 13.1. The summed E-state index contributed by atoms with van der Waals surface area (Å²) in [5.74, 6) is 0.396. The van der Waals surface area contributed by atoms with E-state index in [1.165, 1.54) is 6.20 Å². The van der Waals surface area contributed by atoms with E-state index in [1.54, 1.807) is 7.11 Å². The quantitative estimate of drug-likeness (QED) is 0.635. The Morgan fingerprint density at radius 3 is 2.92 bits per heavy atom. The van der Waals surface area contributed by atoms with E-state index in [1.807, 2.05) is 0 Å². The Bertz CT molecular complexity index is 312. The zero-order valence-electron chi connectivity index (χ0n) is 6.93. The van der Waals surface area contributed by atoms with Crippen molar-refractivity contribution >= 4 is 0 Å². The molecule has 1 heterocycles. The van der Waals surface area contributed by atoms with Crippen LogP contribution >= 0.6 is 0 Å². The van der Waals surface area contributed by atoms with E-state index >= 15 is 0 Å². The summed E-state index contributed by atoms with van der Waals surface area (Å²) >= 11 is 0. The Kier molecular flexibility index (Phi) is 1.71. The van der Waals surface area contributed by atoms with Crippen LogP contribution in [0.3, 0.4) is 0 Å². The van der Waals surface area contributed by atoms with Gasteiger partial charge in [-0.05, 0) is 24.8 Å². The highest BCUT2D eigenvalue weighted by molar-refractivity contribution is 5.38. The first-order chi connectivity index (χ1) is 5.83. The van der Waals surface area contributed by atoms with Crippen molar-refractivity contribution in [1.29, 1.82) is 0 Å². The average Bonchev–Trinajstić information content (AvgIpc) is 2.54. The van der Waals surface area contributed by atoms with E-state index in [-0.39, 0.29) is 5.82 Å². The molecule has 2 rings (SSSR count). The van der Waals surface area contributed by atoms with Gasteiger partial charge < -0.3 is 4.74 Å². The van der Waals surface area contributed by atoms with Gasteiger partial charge >= 0.3 is 0 Å². The Balaban J connectivity index is 2.57. The van der Waals surface area contributed by atoms with Crippen LogP contribution in [0.1, 0.15) is 17.5 Å². The first-order valence-corrected chi connectivity index (χ1v) is 4.03. The zero-order chi connectivity index (χ0) is 8.55. The fourth-order valence-electron chi connectivity index (χ4n) is 1.69. The number of ether oxygens (including phenoxy) is 1. The molecule has 0 aliphatic heterocycles. The zero-order valence-corrected chi connectivity index (χ0v) is 6.93. The van der Waals surface area contributed by atoms with Crippen molar-refractivity contribution in [3.8, 4) is 5.88 Å². The summed E-state index contributed by atoms with van der Waals surface area (Å²) in [4.78, 5) is 3.87. The molecule has 0 amide bonds. The van der Waals surface area contributed by atoms with E-state index < -0.39 is 0 Å². The van der Waals surface area contributed by atoms with Gasteiger partial charge in [-0.1, -0.05) is 0 Å². The lowest BCUT2D eigenvalue weighted by Gasteiger charge is -2.05. The molecule has 1 aliphatic rings. The van der Waals surface area contributed by atoms with Gasteiger partial charge in [-0.25, -0.2) is 9.37 Å². The van der Waals surface area contributed by atoms with E-state index in [0.717, 1.165) is 30.4 Å². The van der Waals surface area contributed by atoms with Crippen LogP contribution in [0.2, 0.25) is 0 Å². The lowest BCUT2D eigenvalue weighted by Crippen LogP contribution is -1.97. The Morgan fingerprint density at radius 2 is 2.17 bits per heavy atom. The van der Waals surface area contributed by atoms with Crippen LogP contribution in [-0.2, 0) is 12.8 Å². The number of fused-ring (bicyclic) bond motifs is 1. The van der Waals surface area contributed by atoms with Gasteiger partial charge in [0, 0.05) is 5.56 Å². The van der Waals surface area contributed by atoms with Gasteiger partial charge in [0.15, 0.2) is 0 Å². The normalized spacial score (nSPS) is 14.5. The van der Waals surface area contributed by atoms with Crippen molar-refractivity contribution in [3.05, 3.63) is 23.1 Å². The van der Waals surface area contributed by atoms with Crippen molar-refractivity contribution < 1.29 is 9.13 Å². The molecular weight excluding hydrogens is 157 g/mol. The SMILES string of the molecule is COc1ncc(F)c2c1CCC2. The van der Waals surface area contributed by atoms with Crippen molar-refractivity contribution in [3.63, 3.8) is 0 Å². The lowest BCUT2D eigenvalue weighted by atomic mass is 10.2. The van der Waals surface area contributed by atoms with Gasteiger partial charge in [-0.15, -0.1) is 0 Å². The van der Waals surface area contributed by atoms with Gasteiger partial charge in [0.2, 0.25) is 5.88 Å². The van der Waals surface area contributed by atoms with Crippen LogP contribution in [-0.4, -0.2) is 12.1 Å². The maximum Gasteiger partial charge on any atom is 0.216 e. The number of hydrogen-bond donors (Lipinski definition) is 0.